The van der Waals surface area contributed by atoms with E-state index in [0.29, 0.717) is 27.0 Å². The molecule has 1 unspecified atom stereocenters. The fourth-order valence-electron chi connectivity index (χ4n) is 3.60. The van der Waals surface area contributed by atoms with E-state index in [1.807, 2.05) is 24.4 Å². The van der Waals surface area contributed by atoms with Crippen LogP contribution in [0, 0.1) is 6.92 Å². The minimum Gasteiger partial charge on any atom is -0.507 e. The molecule has 158 valence electrons. The molecule has 0 saturated carbocycles. The first-order valence-electron chi connectivity index (χ1n) is 9.28. The van der Waals surface area contributed by atoms with Gasteiger partial charge in [-0.25, -0.2) is 0 Å². The summed E-state index contributed by atoms with van der Waals surface area (Å²) in [6.07, 6.45) is 0. The highest BCUT2D eigenvalue weighted by Gasteiger charge is 2.47. The monoisotopic (exact) mass is 473 g/mol. The Morgan fingerprint density at radius 1 is 1.13 bits per heavy atom. The quantitative estimate of drug-likeness (QED) is 0.286. The van der Waals surface area contributed by atoms with Gasteiger partial charge in [-0.15, -0.1) is 11.3 Å². The van der Waals surface area contributed by atoms with Crippen LogP contribution in [0.4, 0.5) is 5.69 Å². The van der Waals surface area contributed by atoms with E-state index in [1.54, 1.807) is 30.3 Å². The summed E-state index contributed by atoms with van der Waals surface area (Å²) in [5.74, 6) is -1.46. The second kappa shape index (κ2) is 8.38. The zero-order valence-corrected chi connectivity index (χ0v) is 18.9. The minimum absolute atomic E-state index is 0.00352. The molecule has 31 heavy (non-hydrogen) atoms. The molecule has 5 nitrogen and oxygen atoms in total. The number of ketones is 1. The lowest BCUT2D eigenvalue weighted by Crippen LogP contribution is -2.29. The third-order valence-electron chi connectivity index (χ3n) is 5.11. The van der Waals surface area contributed by atoms with Crippen LogP contribution in [0.25, 0.3) is 5.76 Å². The SMILES string of the molecule is COc1cc(/C(O)=C2/C(=O)C(=O)N(c3cc(Cl)ccc3C)C2c2cccs2)ccc1Cl. The molecule has 1 saturated heterocycles. The molecule has 1 aromatic heterocycles. The molecule has 1 N–H and O–H groups in total. The van der Waals surface area contributed by atoms with Crippen molar-refractivity contribution in [1.82, 2.24) is 0 Å². The number of rotatable bonds is 4. The summed E-state index contributed by atoms with van der Waals surface area (Å²) >= 11 is 13.7. The molecule has 8 heteroatoms. The van der Waals surface area contributed by atoms with Crippen LogP contribution in [-0.4, -0.2) is 23.9 Å². The van der Waals surface area contributed by atoms with Crippen LogP contribution in [0.3, 0.4) is 0 Å². The Morgan fingerprint density at radius 3 is 2.58 bits per heavy atom. The number of hydrogen-bond acceptors (Lipinski definition) is 5. The van der Waals surface area contributed by atoms with Gasteiger partial charge in [-0.2, -0.15) is 0 Å². The first-order valence-corrected chi connectivity index (χ1v) is 10.9. The first kappa shape index (κ1) is 21.4. The van der Waals surface area contributed by atoms with Crippen molar-refractivity contribution in [3.63, 3.8) is 0 Å². The van der Waals surface area contributed by atoms with Crippen LogP contribution in [0.5, 0.6) is 5.75 Å². The van der Waals surface area contributed by atoms with Crippen LogP contribution >= 0.6 is 34.5 Å². The largest absolute Gasteiger partial charge is 0.507 e. The number of Topliss-reactive ketones (excluding diaryl/α,β-unsaturated/α-hetero) is 1. The summed E-state index contributed by atoms with van der Waals surface area (Å²) in [6.45, 7) is 1.83. The van der Waals surface area contributed by atoms with Gasteiger partial charge in [0, 0.05) is 21.2 Å². The number of aliphatic hydroxyl groups excluding tert-OH is 1. The van der Waals surface area contributed by atoms with Crippen molar-refractivity contribution in [2.45, 2.75) is 13.0 Å². The summed E-state index contributed by atoms with van der Waals surface area (Å²) < 4.78 is 5.22. The molecule has 2 heterocycles. The van der Waals surface area contributed by atoms with Gasteiger partial charge in [-0.1, -0.05) is 35.3 Å². The van der Waals surface area contributed by atoms with E-state index < -0.39 is 17.7 Å². The lowest BCUT2D eigenvalue weighted by molar-refractivity contribution is -0.132. The Hall–Kier alpha value is -2.80. The number of nitrogens with zero attached hydrogens (tertiary/aromatic N) is 1. The first-order chi connectivity index (χ1) is 14.8. The average Bonchev–Trinajstić information content (AvgIpc) is 3.37. The fourth-order valence-corrected chi connectivity index (χ4v) is 4.79. The number of thiophene rings is 1. The molecular weight excluding hydrogens is 457 g/mol. The number of anilines is 1. The van der Waals surface area contributed by atoms with Crippen LogP contribution in [-0.2, 0) is 9.59 Å². The molecule has 0 bridgehead atoms. The highest BCUT2D eigenvalue weighted by Crippen LogP contribution is 2.45. The molecule has 1 fully saturated rings. The molecule has 1 atom stereocenters. The van der Waals surface area contributed by atoms with Gasteiger partial charge in [0.05, 0.1) is 17.7 Å². The summed E-state index contributed by atoms with van der Waals surface area (Å²) in [6, 6.07) is 12.7. The van der Waals surface area contributed by atoms with Crippen molar-refractivity contribution >= 4 is 57.7 Å². The lowest BCUT2D eigenvalue weighted by Gasteiger charge is -2.26. The zero-order valence-electron chi connectivity index (χ0n) is 16.6. The van der Waals surface area contributed by atoms with E-state index in [4.69, 9.17) is 27.9 Å². The van der Waals surface area contributed by atoms with Crippen molar-refractivity contribution in [3.8, 4) is 5.75 Å². The smallest absolute Gasteiger partial charge is 0.300 e. The predicted molar refractivity (Wildman–Crippen MR) is 123 cm³/mol. The molecule has 1 aliphatic heterocycles. The maximum absolute atomic E-state index is 13.1. The maximum Gasteiger partial charge on any atom is 0.300 e. The lowest BCUT2D eigenvalue weighted by atomic mass is 9.99. The van der Waals surface area contributed by atoms with E-state index in [0.717, 1.165) is 10.4 Å². The van der Waals surface area contributed by atoms with E-state index in [1.165, 1.54) is 29.4 Å². The van der Waals surface area contributed by atoms with Crippen LogP contribution in [0.1, 0.15) is 22.0 Å². The van der Waals surface area contributed by atoms with Crippen LogP contribution < -0.4 is 9.64 Å². The normalized spacial score (nSPS) is 17.9. The van der Waals surface area contributed by atoms with Crippen molar-refractivity contribution in [2.24, 2.45) is 0 Å². The number of amides is 1. The highest BCUT2D eigenvalue weighted by molar-refractivity contribution is 7.10. The predicted octanol–water partition coefficient (Wildman–Crippen LogP) is 6.00. The van der Waals surface area contributed by atoms with Gasteiger partial charge in [-0.3, -0.25) is 14.5 Å². The van der Waals surface area contributed by atoms with Crippen LogP contribution in [0.15, 0.2) is 59.5 Å². The molecular formula is C23H17Cl2NO4S. The Bertz CT molecular complexity index is 1220. The highest BCUT2D eigenvalue weighted by atomic mass is 35.5. The van der Waals surface area contributed by atoms with Gasteiger partial charge in [-0.05, 0) is 54.3 Å². The summed E-state index contributed by atoms with van der Waals surface area (Å²) in [4.78, 5) is 28.4. The van der Waals surface area contributed by atoms with Crippen molar-refractivity contribution in [2.75, 3.05) is 12.0 Å². The van der Waals surface area contributed by atoms with Gasteiger partial charge in [0.25, 0.3) is 11.7 Å². The number of benzene rings is 2. The second-order valence-electron chi connectivity index (χ2n) is 6.96. The number of hydrogen-bond donors (Lipinski definition) is 1. The van der Waals surface area contributed by atoms with Crippen molar-refractivity contribution < 1.29 is 19.4 Å². The van der Waals surface area contributed by atoms with Gasteiger partial charge < -0.3 is 9.84 Å². The zero-order chi connectivity index (χ0) is 22.3. The summed E-state index contributed by atoms with van der Waals surface area (Å²) in [5.41, 5.74) is 1.61. The Kier molecular flexibility index (Phi) is 5.79. The second-order valence-corrected chi connectivity index (χ2v) is 8.79. The number of halogens is 2. The molecule has 1 amide bonds. The van der Waals surface area contributed by atoms with E-state index in [2.05, 4.69) is 0 Å². The van der Waals surface area contributed by atoms with Gasteiger partial charge in [0.2, 0.25) is 0 Å². The topological polar surface area (TPSA) is 66.8 Å². The number of ether oxygens (including phenoxy) is 1. The Morgan fingerprint density at radius 2 is 1.90 bits per heavy atom. The fraction of sp³-hybridized carbons (Fsp3) is 0.130. The minimum atomic E-state index is -0.793. The molecule has 0 spiro atoms. The van der Waals surface area contributed by atoms with Gasteiger partial charge >= 0.3 is 0 Å². The van der Waals surface area contributed by atoms with E-state index in [9.17, 15) is 14.7 Å². The summed E-state index contributed by atoms with van der Waals surface area (Å²) in [7, 11) is 1.46. The summed E-state index contributed by atoms with van der Waals surface area (Å²) in [5, 5.41) is 13.8. The van der Waals surface area contributed by atoms with Crippen molar-refractivity contribution in [1.29, 1.82) is 0 Å². The molecule has 0 aliphatic carbocycles. The van der Waals surface area contributed by atoms with E-state index >= 15 is 0 Å². The number of methoxy groups -OCH3 is 1. The number of carbonyl (C=O) groups is 2. The average molecular weight is 474 g/mol. The molecule has 2 aromatic carbocycles. The molecule has 1 aliphatic rings. The third-order valence-corrected chi connectivity index (χ3v) is 6.58. The van der Waals surface area contributed by atoms with Crippen molar-refractivity contribution in [3.05, 3.63) is 85.5 Å². The number of aryl methyl sites for hydroxylation is 1. The van der Waals surface area contributed by atoms with Crippen LogP contribution in [0.2, 0.25) is 10.0 Å². The number of carbonyl (C=O) groups excluding carboxylic acids is 2. The third kappa shape index (κ3) is 3.71. The molecule has 0 radical (unpaired) electrons. The van der Waals surface area contributed by atoms with E-state index in [-0.39, 0.29) is 11.3 Å². The van der Waals surface area contributed by atoms with Gasteiger partial charge in [0.15, 0.2) is 0 Å². The maximum atomic E-state index is 13.1. The Balaban J connectivity index is 1.95. The molecule has 4 rings (SSSR count). The standard InChI is InChI=1S/C23H17Cl2NO4S/c1-12-5-7-14(24)11-16(12)26-20(18-4-3-9-31-18)19(22(28)23(26)29)21(27)13-6-8-15(25)17(10-13)30-2/h3-11,20,27H,1-2H3/b21-19-. The Labute approximate surface area is 193 Å². The number of aliphatic hydroxyl groups is 1. The molecule has 3 aromatic rings. The van der Waals surface area contributed by atoms with Gasteiger partial charge in [0.1, 0.15) is 17.6 Å².